The number of carbonyl (C=O) groups excluding carboxylic acids is 2. The van der Waals surface area contributed by atoms with Crippen molar-refractivity contribution in [2.75, 3.05) is 19.7 Å². The molecule has 0 saturated carbocycles. The summed E-state index contributed by atoms with van der Waals surface area (Å²) in [5, 5.41) is 0. The van der Waals surface area contributed by atoms with E-state index >= 15 is 0 Å². The van der Waals surface area contributed by atoms with Gasteiger partial charge in [-0.05, 0) is 6.08 Å². The van der Waals surface area contributed by atoms with Crippen LogP contribution in [-0.4, -0.2) is 42.6 Å². The molecule has 8 heteroatoms. The lowest BCUT2D eigenvalue weighted by Crippen LogP contribution is -2.37. The molecule has 0 saturated heterocycles. The molecule has 20 heavy (non-hydrogen) atoms. The Balaban J connectivity index is 4.50. The highest BCUT2D eigenvalue weighted by molar-refractivity contribution is 6.32. The van der Waals surface area contributed by atoms with Gasteiger partial charge in [0.15, 0.2) is 0 Å². The molecule has 0 N–H and O–H groups in total. The van der Waals surface area contributed by atoms with Crippen molar-refractivity contribution in [3.8, 4) is 0 Å². The van der Waals surface area contributed by atoms with Gasteiger partial charge in [-0.1, -0.05) is 12.2 Å². The van der Waals surface area contributed by atoms with Gasteiger partial charge in [0.1, 0.15) is 6.61 Å². The minimum Gasteiger partial charge on any atom is -0.454 e. The van der Waals surface area contributed by atoms with Crippen LogP contribution in [0.1, 0.15) is 0 Å². The molecule has 0 aliphatic carbocycles. The molecular weight excluding hydrogens is 282 g/mol. The molecule has 0 rings (SSSR count). The summed E-state index contributed by atoms with van der Waals surface area (Å²) in [6.45, 7) is 5.82. The molecule has 0 aliphatic heterocycles. The Morgan fingerprint density at radius 3 is 2.05 bits per heavy atom. The highest BCUT2D eigenvalue weighted by Crippen LogP contribution is 2.25. The van der Waals surface area contributed by atoms with Crippen molar-refractivity contribution in [1.82, 2.24) is 4.90 Å². The summed E-state index contributed by atoms with van der Waals surface area (Å²) in [6.07, 6.45) is -2.43. The Bertz CT molecular complexity index is 405. The van der Waals surface area contributed by atoms with Crippen molar-refractivity contribution in [3.05, 3.63) is 37.2 Å². The van der Waals surface area contributed by atoms with Crippen LogP contribution < -0.4 is 0 Å². The first-order valence-electron chi connectivity index (χ1n) is 5.34. The van der Waals surface area contributed by atoms with Crippen molar-refractivity contribution >= 4 is 11.9 Å². The summed E-state index contributed by atoms with van der Waals surface area (Å²) in [6, 6.07) is 0. The number of alkyl halides is 3. The minimum atomic E-state index is -5.14. The van der Waals surface area contributed by atoms with Crippen molar-refractivity contribution in [1.29, 1.82) is 0 Å². The largest absolute Gasteiger partial charge is 0.454 e. The lowest BCUT2D eigenvalue weighted by atomic mass is 10.4. The summed E-state index contributed by atoms with van der Waals surface area (Å²) >= 11 is 0. The zero-order valence-electron chi connectivity index (χ0n) is 10.5. The van der Waals surface area contributed by atoms with Gasteiger partial charge < -0.3 is 9.64 Å². The standard InChI is InChI=1S/C12H13F4NO3/c1-3-6-17(7-4-2)10(18)11(19)20-8-5-9(13)12(14,15)16/h3-5H,1-2,6-8H2/b9-5-. The van der Waals surface area contributed by atoms with E-state index in [1.165, 1.54) is 12.2 Å². The van der Waals surface area contributed by atoms with Crippen LogP contribution in [0.25, 0.3) is 0 Å². The molecule has 0 heterocycles. The van der Waals surface area contributed by atoms with Crippen LogP contribution in [0.15, 0.2) is 37.2 Å². The van der Waals surface area contributed by atoms with Gasteiger partial charge in [-0.15, -0.1) is 13.2 Å². The highest BCUT2D eigenvalue weighted by Gasteiger charge is 2.34. The number of amides is 1. The first-order valence-corrected chi connectivity index (χ1v) is 5.34. The fourth-order valence-corrected chi connectivity index (χ4v) is 1.05. The van der Waals surface area contributed by atoms with E-state index in [0.717, 1.165) is 4.90 Å². The predicted molar refractivity (Wildman–Crippen MR) is 63.2 cm³/mol. The molecule has 4 nitrogen and oxygen atoms in total. The molecule has 0 aromatic heterocycles. The number of hydrogen-bond acceptors (Lipinski definition) is 3. The maximum Gasteiger partial charge on any atom is 0.442 e. The minimum absolute atomic E-state index is 0.0243. The molecular formula is C12H13F4NO3. The zero-order valence-corrected chi connectivity index (χ0v) is 10.5. The van der Waals surface area contributed by atoms with Crippen LogP contribution >= 0.6 is 0 Å². The Morgan fingerprint density at radius 1 is 1.15 bits per heavy atom. The average Bonchev–Trinajstić information content (AvgIpc) is 2.36. The fraction of sp³-hybridized carbons (Fsp3) is 0.333. The Labute approximate surface area is 113 Å². The Kier molecular flexibility index (Phi) is 7.27. The van der Waals surface area contributed by atoms with Crippen LogP contribution in [0.5, 0.6) is 0 Å². The Morgan fingerprint density at radius 2 is 1.65 bits per heavy atom. The maximum atomic E-state index is 12.4. The van der Waals surface area contributed by atoms with Gasteiger partial charge in [0.05, 0.1) is 0 Å². The third-order valence-electron chi connectivity index (χ3n) is 1.91. The van der Waals surface area contributed by atoms with Crippen molar-refractivity contribution in [2.45, 2.75) is 6.18 Å². The van der Waals surface area contributed by atoms with Crippen LogP contribution in [0.4, 0.5) is 17.6 Å². The van der Waals surface area contributed by atoms with Gasteiger partial charge in [-0.25, -0.2) is 9.18 Å². The first-order chi connectivity index (χ1) is 9.23. The molecule has 1 amide bonds. The molecule has 0 aromatic rings. The number of halogens is 4. The molecule has 0 fully saturated rings. The number of esters is 1. The van der Waals surface area contributed by atoms with Gasteiger partial charge in [-0.2, -0.15) is 13.2 Å². The second-order valence-corrected chi connectivity index (χ2v) is 3.44. The number of nitrogens with zero attached hydrogens (tertiary/aromatic N) is 1. The van der Waals surface area contributed by atoms with Gasteiger partial charge in [0.2, 0.25) is 5.83 Å². The smallest absolute Gasteiger partial charge is 0.442 e. The topological polar surface area (TPSA) is 46.6 Å². The summed E-state index contributed by atoms with van der Waals surface area (Å²) in [5.74, 6) is -4.86. The van der Waals surface area contributed by atoms with Crippen molar-refractivity contribution in [3.63, 3.8) is 0 Å². The van der Waals surface area contributed by atoms with Crippen LogP contribution in [0.3, 0.4) is 0 Å². The van der Waals surface area contributed by atoms with Crippen LogP contribution in [-0.2, 0) is 14.3 Å². The molecule has 0 aliphatic rings. The van der Waals surface area contributed by atoms with E-state index in [-0.39, 0.29) is 19.2 Å². The Hall–Kier alpha value is -2.12. The first kappa shape index (κ1) is 17.9. The molecule has 0 radical (unpaired) electrons. The van der Waals surface area contributed by atoms with E-state index in [2.05, 4.69) is 17.9 Å². The van der Waals surface area contributed by atoms with E-state index in [1.54, 1.807) is 0 Å². The predicted octanol–water partition coefficient (Wildman–Crippen LogP) is 2.15. The van der Waals surface area contributed by atoms with Gasteiger partial charge in [0.25, 0.3) is 0 Å². The van der Waals surface area contributed by atoms with E-state index < -0.39 is 30.5 Å². The van der Waals surface area contributed by atoms with Gasteiger partial charge >= 0.3 is 18.1 Å². The van der Waals surface area contributed by atoms with Crippen molar-refractivity contribution < 1.29 is 31.9 Å². The third-order valence-corrected chi connectivity index (χ3v) is 1.91. The van der Waals surface area contributed by atoms with E-state index in [4.69, 9.17) is 0 Å². The molecule has 0 atom stereocenters. The molecule has 0 unspecified atom stereocenters. The van der Waals surface area contributed by atoms with E-state index in [0.29, 0.717) is 0 Å². The number of rotatable bonds is 6. The summed E-state index contributed by atoms with van der Waals surface area (Å²) in [4.78, 5) is 23.8. The number of carbonyl (C=O) groups is 2. The lowest BCUT2D eigenvalue weighted by Gasteiger charge is -2.17. The van der Waals surface area contributed by atoms with E-state index in [1.807, 2.05) is 0 Å². The third kappa shape index (κ3) is 6.17. The van der Waals surface area contributed by atoms with Gasteiger partial charge in [0, 0.05) is 13.1 Å². The average molecular weight is 295 g/mol. The number of ether oxygens (including phenoxy) is 1. The summed E-state index contributed by atoms with van der Waals surface area (Å²) in [7, 11) is 0. The van der Waals surface area contributed by atoms with E-state index in [9.17, 15) is 27.2 Å². The second kappa shape index (κ2) is 8.13. The van der Waals surface area contributed by atoms with Crippen molar-refractivity contribution in [2.24, 2.45) is 0 Å². The zero-order chi connectivity index (χ0) is 15.8. The quantitative estimate of drug-likeness (QED) is 0.326. The molecule has 0 bridgehead atoms. The highest BCUT2D eigenvalue weighted by atomic mass is 19.4. The fourth-order valence-electron chi connectivity index (χ4n) is 1.05. The summed E-state index contributed by atoms with van der Waals surface area (Å²) in [5.41, 5.74) is 0. The molecule has 0 spiro atoms. The molecule has 0 aromatic carbocycles. The maximum absolute atomic E-state index is 12.4. The number of hydrogen-bond donors (Lipinski definition) is 0. The van der Waals surface area contributed by atoms with Crippen LogP contribution in [0.2, 0.25) is 0 Å². The van der Waals surface area contributed by atoms with Crippen LogP contribution in [0, 0.1) is 0 Å². The second-order valence-electron chi connectivity index (χ2n) is 3.44. The van der Waals surface area contributed by atoms with Gasteiger partial charge in [-0.3, -0.25) is 4.79 Å². The number of allylic oxidation sites excluding steroid dienone is 1. The molecule has 112 valence electrons. The lowest BCUT2D eigenvalue weighted by molar-refractivity contribution is -0.159. The normalized spacial score (nSPS) is 11.7. The monoisotopic (exact) mass is 295 g/mol. The SMILES string of the molecule is C=CCN(CC=C)C(=O)C(=O)OC/C=C(\F)C(F)(F)F. The summed E-state index contributed by atoms with van der Waals surface area (Å²) < 4.78 is 52.0.